The molecule has 6 nitrogen and oxygen atoms in total. The molecular formula is C18H23N5O. The van der Waals surface area contributed by atoms with Gasteiger partial charge in [-0.15, -0.1) is 0 Å². The fraction of sp³-hybridized carbons (Fsp3) is 0.389. The summed E-state index contributed by atoms with van der Waals surface area (Å²) in [5.41, 5.74) is 1.13. The molecule has 0 spiro atoms. The Bertz CT molecular complexity index is 626. The minimum Gasteiger partial charge on any atom is -0.352 e. The number of carbonyl (C=O) groups is 1. The number of nitrogens with zero attached hydrogens (tertiary/aromatic N) is 4. The molecule has 3 rings (SSSR count). The fourth-order valence-corrected chi connectivity index (χ4v) is 2.77. The van der Waals surface area contributed by atoms with Gasteiger partial charge in [0.25, 0.3) is 0 Å². The fourth-order valence-electron chi connectivity index (χ4n) is 2.77. The Morgan fingerprint density at radius 2 is 1.71 bits per heavy atom. The summed E-state index contributed by atoms with van der Waals surface area (Å²) in [5.74, 6) is 0.894. The average Bonchev–Trinajstić information content (AvgIpc) is 2.67. The van der Waals surface area contributed by atoms with Gasteiger partial charge in [-0.2, -0.15) is 0 Å². The Balaban J connectivity index is 1.35. The Labute approximate surface area is 142 Å². The van der Waals surface area contributed by atoms with E-state index >= 15 is 0 Å². The number of aromatic nitrogens is 2. The molecule has 1 aromatic carbocycles. The highest BCUT2D eigenvalue weighted by molar-refractivity contribution is 5.76. The molecule has 0 aliphatic carbocycles. The monoisotopic (exact) mass is 325 g/mol. The van der Waals surface area contributed by atoms with Crippen LogP contribution in [0.15, 0.2) is 48.8 Å². The van der Waals surface area contributed by atoms with E-state index in [4.69, 9.17) is 0 Å². The minimum atomic E-state index is 0.104. The molecule has 6 heteroatoms. The van der Waals surface area contributed by atoms with Crippen LogP contribution in [0, 0.1) is 0 Å². The van der Waals surface area contributed by atoms with Crippen LogP contribution < -0.4 is 10.2 Å². The van der Waals surface area contributed by atoms with E-state index in [1.807, 2.05) is 36.4 Å². The number of hydrogen-bond donors (Lipinski definition) is 1. The summed E-state index contributed by atoms with van der Waals surface area (Å²) in [5, 5.41) is 2.98. The molecule has 1 fully saturated rings. The lowest BCUT2D eigenvalue weighted by atomic mass is 10.2. The molecule has 126 valence electrons. The summed E-state index contributed by atoms with van der Waals surface area (Å²) in [6, 6.07) is 11.8. The van der Waals surface area contributed by atoms with Gasteiger partial charge in [0.05, 0.1) is 0 Å². The summed E-state index contributed by atoms with van der Waals surface area (Å²) in [6.07, 6.45) is 4.08. The largest absolute Gasteiger partial charge is 0.352 e. The Kier molecular flexibility index (Phi) is 5.74. The third-order valence-corrected chi connectivity index (χ3v) is 4.19. The third kappa shape index (κ3) is 4.76. The van der Waals surface area contributed by atoms with E-state index in [0.717, 1.165) is 44.2 Å². The molecule has 0 saturated carbocycles. The van der Waals surface area contributed by atoms with E-state index in [1.54, 1.807) is 12.4 Å². The van der Waals surface area contributed by atoms with Crippen molar-refractivity contribution in [2.24, 2.45) is 0 Å². The van der Waals surface area contributed by atoms with Crippen LogP contribution in [0.4, 0.5) is 5.95 Å². The number of rotatable bonds is 6. The van der Waals surface area contributed by atoms with Crippen LogP contribution in [0.2, 0.25) is 0 Å². The predicted octanol–water partition coefficient (Wildman–Crippen LogP) is 1.31. The van der Waals surface area contributed by atoms with E-state index in [0.29, 0.717) is 13.0 Å². The van der Waals surface area contributed by atoms with Gasteiger partial charge >= 0.3 is 0 Å². The summed E-state index contributed by atoms with van der Waals surface area (Å²) < 4.78 is 0. The van der Waals surface area contributed by atoms with Gasteiger partial charge in [0.1, 0.15) is 0 Å². The third-order valence-electron chi connectivity index (χ3n) is 4.19. The van der Waals surface area contributed by atoms with Crippen LogP contribution in [-0.2, 0) is 11.3 Å². The van der Waals surface area contributed by atoms with Gasteiger partial charge in [-0.25, -0.2) is 9.97 Å². The lowest BCUT2D eigenvalue weighted by molar-refractivity contribution is -0.121. The highest BCUT2D eigenvalue weighted by atomic mass is 16.1. The van der Waals surface area contributed by atoms with Gasteiger partial charge < -0.3 is 10.2 Å². The second-order valence-corrected chi connectivity index (χ2v) is 5.89. The number of anilines is 1. The van der Waals surface area contributed by atoms with Crippen molar-refractivity contribution in [3.05, 3.63) is 54.4 Å². The molecule has 1 amide bonds. The van der Waals surface area contributed by atoms with Crippen molar-refractivity contribution in [3.63, 3.8) is 0 Å². The van der Waals surface area contributed by atoms with Crippen LogP contribution in [0.25, 0.3) is 0 Å². The molecule has 2 aromatic rings. The second-order valence-electron chi connectivity index (χ2n) is 5.89. The molecule has 1 N–H and O–H groups in total. The zero-order valence-electron chi connectivity index (χ0n) is 13.8. The van der Waals surface area contributed by atoms with Gasteiger partial charge in [0.15, 0.2) is 0 Å². The predicted molar refractivity (Wildman–Crippen MR) is 93.6 cm³/mol. The molecule has 1 aliphatic heterocycles. The normalized spacial score (nSPS) is 15.2. The number of piperazine rings is 1. The first-order valence-corrected chi connectivity index (χ1v) is 8.36. The second kappa shape index (κ2) is 8.40. The zero-order valence-corrected chi connectivity index (χ0v) is 13.8. The number of carbonyl (C=O) groups excluding carboxylic acids is 1. The number of benzene rings is 1. The van der Waals surface area contributed by atoms with Crippen LogP contribution in [0.1, 0.15) is 12.0 Å². The van der Waals surface area contributed by atoms with Crippen molar-refractivity contribution < 1.29 is 4.79 Å². The smallest absolute Gasteiger partial charge is 0.225 e. The van der Waals surface area contributed by atoms with Crippen molar-refractivity contribution in [2.45, 2.75) is 13.0 Å². The van der Waals surface area contributed by atoms with Crippen molar-refractivity contribution in [1.29, 1.82) is 0 Å². The topological polar surface area (TPSA) is 61.4 Å². The molecule has 24 heavy (non-hydrogen) atoms. The number of nitrogens with one attached hydrogen (secondary N) is 1. The first-order valence-electron chi connectivity index (χ1n) is 8.36. The molecule has 0 atom stereocenters. The van der Waals surface area contributed by atoms with Crippen LogP contribution in [0.5, 0.6) is 0 Å². The zero-order chi connectivity index (χ0) is 16.6. The number of hydrogen-bond acceptors (Lipinski definition) is 5. The molecule has 0 unspecified atom stereocenters. The van der Waals surface area contributed by atoms with Crippen molar-refractivity contribution in [1.82, 2.24) is 20.2 Å². The van der Waals surface area contributed by atoms with Crippen molar-refractivity contribution in [3.8, 4) is 0 Å². The Morgan fingerprint density at radius 3 is 2.42 bits per heavy atom. The van der Waals surface area contributed by atoms with E-state index in [2.05, 4.69) is 25.1 Å². The maximum Gasteiger partial charge on any atom is 0.225 e. The van der Waals surface area contributed by atoms with Crippen LogP contribution in [-0.4, -0.2) is 53.5 Å². The number of amides is 1. The van der Waals surface area contributed by atoms with Gasteiger partial charge in [0, 0.05) is 58.1 Å². The maximum atomic E-state index is 12.0. The summed E-state index contributed by atoms with van der Waals surface area (Å²) in [6.45, 7) is 5.06. The van der Waals surface area contributed by atoms with E-state index in [9.17, 15) is 4.79 Å². The SMILES string of the molecule is O=C(CCN1CCN(c2ncccn2)CC1)NCc1ccccc1. The van der Waals surface area contributed by atoms with E-state index in [-0.39, 0.29) is 5.91 Å². The first kappa shape index (κ1) is 16.4. The molecule has 1 aliphatic rings. The lowest BCUT2D eigenvalue weighted by Gasteiger charge is -2.34. The molecule has 1 aromatic heterocycles. The summed E-state index contributed by atoms with van der Waals surface area (Å²) in [7, 11) is 0. The van der Waals surface area contributed by atoms with Crippen molar-refractivity contribution >= 4 is 11.9 Å². The van der Waals surface area contributed by atoms with Gasteiger partial charge in [-0.3, -0.25) is 9.69 Å². The summed E-state index contributed by atoms with van der Waals surface area (Å²) >= 11 is 0. The molecule has 1 saturated heterocycles. The average molecular weight is 325 g/mol. The van der Waals surface area contributed by atoms with E-state index < -0.39 is 0 Å². The van der Waals surface area contributed by atoms with Gasteiger partial charge in [-0.1, -0.05) is 30.3 Å². The van der Waals surface area contributed by atoms with Gasteiger partial charge in [-0.05, 0) is 11.6 Å². The molecule has 2 heterocycles. The molecular weight excluding hydrogens is 302 g/mol. The highest BCUT2D eigenvalue weighted by Gasteiger charge is 2.18. The van der Waals surface area contributed by atoms with Crippen molar-refractivity contribution in [2.75, 3.05) is 37.6 Å². The first-order chi connectivity index (χ1) is 11.8. The van der Waals surface area contributed by atoms with Gasteiger partial charge in [0.2, 0.25) is 11.9 Å². The quantitative estimate of drug-likeness (QED) is 0.867. The Hall–Kier alpha value is -2.47. The standard InChI is InChI=1S/C18H23N5O/c24-17(21-15-16-5-2-1-3-6-16)7-10-22-11-13-23(14-12-22)18-19-8-4-9-20-18/h1-6,8-9H,7,10-15H2,(H,21,24). The highest BCUT2D eigenvalue weighted by Crippen LogP contribution is 2.09. The molecule has 0 radical (unpaired) electrons. The summed E-state index contributed by atoms with van der Waals surface area (Å²) in [4.78, 5) is 25.1. The Morgan fingerprint density at radius 1 is 1.00 bits per heavy atom. The maximum absolute atomic E-state index is 12.0. The van der Waals surface area contributed by atoms with Crippen LogP contribution in [0.3, 0.4) is 0 Å². The minimum absolute atomic E-state index is 0.104. The van der Waals surface area contributed by atoms with Crippen LogP contribution >= 0.6 is 0 Å². The molecule has 0 bridgehead atoms. The van der Waals surface area contributed by atoms with E-state index in [1.165, 1.54) is 0 Å². The lowest BCUT2D eigenvalue weighted by Crippen LogP contribution is -2.47.